The van der Waals surface area contributed by atoms with E-state index in [2.05, 4.69) is 6.92 Å². The second kappa shape index (κ2) is 5.47. The van der Waals surface area contributed by atoms with Crippen LogP contribution in [-0.2, 0) is 4.79 Å². The summed E-state index contributed by atoms with van der Waals surface area (Å²) in [5.74, 6) is -0.226. The zero-order chi connectivity index (χ0) is 15.9. The number of Topliss-reactive ketones (excluding diaryl/α,β-unsaturated/α-hetero) is 1. The summed E-state index contributed by atoms with van der Waals surface area (Å²) in [5, 5.41) is 10.5. The first-order chi connectivity index (χ1) is 10.4. The summed E-state index contributed by atoms with van der Waals surface area (Å²) in [7, 11) is 0. The van der Waals surface area contributed by atoms with Gasteiger partial charge in [-0.05, 0) is 62.0 Å². The maximum absolute atomic E-state index is 13.0. The minimum absolute atomic E-state index is 0.0610. The Kier molecular flexibility index (Phi) is 3.77. The van der Waals surface area contributed by atoms with Crippen LogP contribution in [0.2, 0.25) is 0 Å². The summed E-state index contributed by atoms with van der Waals surface area (Å²) in [4.78, 5) is 12.6. The molecule has 0 saturated heterocycles. The fourth-order valence-corrected chi connectivity index (χ4v) is 3.85. The van der Waals surface area contributed by atoms with E-state index in [1.807, 2.05) is 13.0 Å². The summed E-state index contributed by atoms with van der Waals surface area (Å²) < 4.78 is 13.0. The molecule has 2 atom stereocenters. The van der Waals surface area contributed by atoms with Crippen molar-refractivity contribution in [1.82, 2.24) is 0 Å². The number of halogens is 1. The normalized spacial score (nSPS) is 30.6. The van der Waals surface area contributed by atoms with Crippen molar-refractivity contribution in [2.24, 2.45) is 5.41 Å². The summed E-state index contributed by atoms with van der Waals surface area (Å²) in [6, 6.07) is 6.13. The van der Waals surface area contributed by atoms with Crippen molar-refractivity contribution < 1.29 is 14.3 Å². The molecule has 2 aliphatic rings. The topological polar surface area (TPSA) is 37.3 Å². The largest absolute Gasteiger partial charge is 0.392 e. The molecule has 1 aromatic rings. The van der Waals surface area contributed by atoms with Crippen LogP contribution < -0.4 is 0 Å². The van der Waals surface area contributed by atoms with Crippen LogP contribution in [0.3, 0.4) is 0 Å². The van der Waals surface area contributed by atoms with E-state index in [9.17, 15) is 14.3 Å². The molecule has 3 rings (SSSR count). The second-order valence-corrected chi connectivity index (χ2v) is 6.66. The van der Waals surface area contributed by atoms with E-state index >= 15 is 0 Å². The Hall–Kier alpha value is -1.74. The Labute approximate surface area is 130 Å². The highest BCUT2D eigenvalue weighted by molar-refractivity contribution is 6.12. The molecule has 1 aromatic carbocycles. The second-order valence-electron chi connectivity index (χ2n) is 6.66. The van der Waals surface area contributed by atoms with Crippen LogP contribution in [-0.4, -0.2) is 17.0 Å². The van der Waals surface area contributed by atoms with Gasteiger partial charge in [0.1, 0.15) is 5.82 Å². The van der Waals surface area contributed by atoms with Crippen LogP contribution in [0, 0.1) is 11.2 Å². The summed E-state index contributed by atoms with van der Waals surface area (Å²) >= 11 is 0. The van der Waals surface area contributed by atoms with Crippen LogP contribution >= 0.6 is 0 Å². The molecule has 1 fully saturated rings. The van der Waals surface area contributed by atoms with Crippen molar-refractivity contribution >= 4 is 11.9 Å². The van der Waals surface area contributed by atoms with Crippen LogP contribution in [0.1, 0.15) is 45.1 Å². The van der Waals surface area contributed by atoms with Crippen molar-refractivity contribution in [3.05, 3.63) is 52.4 Å². The lowest BCUT2D eigenvalue weighted by atomic mass is 9.61. The van der Waals surface area contributed by atoms with Crippen molar-refractivity contribution in [1.29, 1.82) is 0 Å². The molecule has 0 heterocycles. The van der Waals surface area contributed by atoms with Crippen molar-refractivity contribution in [2.75, 3.05) is 0 Å². The summed E-state index contributed by atoms with van der Waals surface area (Å²) in [6.45, 7) is 3.92. The van der Waals surface area contributed by atoms with Crippen LogP contribution in [0.25, 0.3) is 6.08 Å². The summed E-state index contributed by atoms with van der Waals surface area (Å²) in [6.07, 6.45) is 4.59. The standard InChI is InChI=1S/C19H21FO2/c1-12-16-4-3-5-17(21)19(16,2)11-14(18(12)22)10-13-6-8-15(20)9-7-13/h6-10,17,21H,3-5,11H2,1-2H3/b14-10-/t17-,19-/m0/s1. The number of rotatable bonds is 1. The lowest BCUT2D eigenvalue weighted by Crippen LogP contribution is -2.42. The molecule has 0 unspecified atom stereocenters. The van der Waals surface area contributed by atoms with Gasteiger partial charge in [0.15, 0.2) is 5.78 Å². The number of hydrogen-bond donors (Lipinski definition) is 1. The zero-order valence-corrected chi connectivity index (χ0v) is 13.0. The Bertz CT molecular complexity index is 669. The molecule has 3 heteroatoms. The van der Waals surface area contributed by atoms with Gasteiger partial charge in [-0.15, -0.1) is 0 Å². The molecule has 0 amide bonds. The van der Waals surface area contributed by atoms with Crippen molar-refractivity contribution in [2.45, 2.75) is 45.6 Å². The molecule has 0 spiro atoms. The van der Waals surface area contributed by atoms with Gasteiger partial charge in [-0.3, -0.25) is 4.79 Å². The average Bonchev–Trinajstić information content (AvgIpc) is 2.49. The first-order valence-electron chi connectivity index (χ1n) is 7.81. The predicted molar refractivity (Wildman–Crippen MR) is 84.7 cm³/mol. The minimum atomic E-state index is -0.407. The molecule has 0 bridgehead atoms. The van der Waals surface area contributed by atoms with Crippen molar-refractivity contribution in [3.63, 3.8) is 0 Å². The lowest BCUT2D eigenvalue weighted by Gasteiger charge is -2.45. The molecular formula is C19H21FO2. The molecule has 0 radical (unpaired) electrons. The van der Waals surface area contributed by atoms with E-state index < -0.39 is 6.10 Å². The summed E-state index contributed by atoms with van der Waals surface area (Å²) in [5.41, 5.74) is 3.07. The Morgan fingerprint density at radius 1 is 1.32 bits per heavy atom. The van der Waals surface area contributed by atoms with Crippen LogP contribution in [0.15, 0.2) is 41.0 Å². The van der Waals surface area contributed by atoms with E-state index in [1.165, 1.54) is 12.1 Å². The lowest BCUT2D eigenvalue weighted by molar-refractivity contribution is -0.113. The van der Waals surface area contributed by atoms with Gasteiger partial charge in [0.05, 0.1) is 6.10 Å². The number of aliphatic hydroxyl groups excluding tert-OH is 1. The number of benzene rings is 1. The van der Waals surface area contributed by atoms with Crippen LogP contribution in [0.5, 0.6) is 0 Å². The molecule has 2 nitrogen and oxygen atoms in total. The highest BCUT2D eigenvalue weighted by Crippen LogP contribution is 2.50. The first kappa shape index (κ1) is 15.2. The van der Waals surface area contributed by atoms with Crippen molar-refractivity contribution in [3.8, 4) is 0 Å². The molecule has 116 valence electrons. The van der Waals surface area contributed by atoms with E-state index in [4.69, 9.17) is 0 Å². The van der Waals surface area contributed by atoms with E-state index in [-0.39, 0.29) is 17.0 Å². The SMILES string of the molecule is CC1=C2CCC[C@H](O)[C@@]2(C)C/C(=C/c2ccc(F)cc2)C1=O. The molecule has 0 aliphatic heterocycles. The molecule has 1 saturated carbocycles. The average molecular weight is 300 g/mol. The number of carbonyl (C=O) groups excluding carboxylic acids is 1. The van der Waals surface area contributed by atoms with Gasteiger partial charge in [-0.2, -0.15) is 0 Å². The predicted octanol–water partition coefficient (Wildman–Crippen LogP) is 4.05. The smallest absolute Gasteiger partial charge is 0.184 e. The third-order valence-corrected chi connectivity index (χ3v) is 5.18. The van der Waals surface area contributed by atoms with Gasteiger partial charge >= 0.3 is 0 Å². The minimum Gasteiger partial charge on any atom is -0.392 e. The fourth-order valence-electron chi connectivity index (χ4n) is 3.85. The third kappa shape index (κ3) is 2.44. The number of carbonyl (C=O) groups is 1. The number of hydrogen-bond acceptors (Lipinski definition) is 2. The monoisotopic (exact) mass is 300 g/mol. The zero-order valence-electron chi connectivity index (χ0n) is 13.0. The number of aliphatic hydroxyl groups is 1. The Morgan fingerprint density at radius 3 is 2.68 bits per heavy atom. The van der Waals surface area contributed by atoms with E-state index in [1.54, 1.807) is 12.1 Å². The van der Waals surface area contributed by atoms with Crippen LogP contribution in [0.4, 0.5) is 4.39 Å². The molecule has 22 heavy (non-hydrogen) atoms. The molecule has 1 N–H and O–H groups in total. The maximum Gasteiger partial charge on any atom is 0.184 e. The van der Waals surface area contributed by atoms with Gasteiger partial charge in [0.25, 0.3) is 0 Å². The quantitative estimate of drug-likeness (QED) is 0.794. The van der Waals surface area contributed by atoms with E-state index in [0.717, 1.165) is 36.0 Å². The van der Waals surface area contributed by atoms with Gasteiger partial charge in [-0.1, -0.05) is 24.6 Å². The molecule has 2 aliphatic carbocycles. The van der Waals surface area contributed by atoms with Gasteiger partial charge in [-0.25, -0.2) is 4.39 Å². The van der Waals surface area contributed by atoms with Gasteiger partial charge in [0, 0.05) is 11.0 Å². The fraction of sp³-hybridized carbons (Fsp3) is 0.421. The highest BCUT2D eigenvalue weighted by atomic mass is 19.1. The first-order valence-corrected chi connectivity index (χ1v) is 7.81. The Morgan fingerprint density at radius 2 is 2.00 bits per heavy atom. The molecule has 0 aromatic heterocycles. The number of allylic oxidation sites excluding steroid dienone is 2. The third-order valence-electron chi connectivity index (χ3n) is 5.18. The molecular weight excluding hydrogens is 279 g/mol. The van der Waals surface area contributed by atoms with Gasteiger partial charge < -0.3 is 5.11 Å². The number of fused-ring (bicyclic) bond motifs is 1. The van der Waals surface area contributed by atoms with E-state index in [0.29, 0.717) is 12.0 Å². The maximum atomic E-state index is 13.0. The highest BCUT2D eigenvalue weighted by Gasteiger charge is 2.45. The number of ketones is 1. The Balaban J connectivity index is 2.03. The van der Waals surface area contributed by atoms with Gasteiger partial charge in [0.2, 0.25) is 0 Å².